The number of methoxy groups -OCH3 is 1. The van der Waals surface area contributed by atoms with Crippen LogP contribution in [0.3, 0.4) is 0 Å². The lowest BCUT2D eigenvalue weighted by Crippen LogP contribution is -2.51. The first-order chi connectivity index (χ1) is 13.1. The third-order valence-corrected chi connectivity index (χ3v) is 5.14. The molecule has 27 heavy (non-hydrogen) atoms. The molecule has 2 heterocycles. The molecule has 8 heteroatoms. The lowest BCUT2D eigenvalue weighted by atomic mass is 10.2. The second-order valence-corrected chi connectivity index (χ2v) is 6.91. The molecule has 0 atom stereocenters. The molecule has 0 radical (unpaired) electrons. The summed E-state index contributed by atoms with van der Waals surface area (Å²) < 4.78 is 10.2. The molecule has 0 saturated carbocycles. The minimum Gasteiger partial charge on any atom is -0.497 e. The van der Waals surface area contributed by atoms with Gasteiger partial charge in [0.2, 0.25) is 0 Å². The highest BCUT2D eigenvalue weighted by atomic mass is 32.1. The fourth-order valence-corrected chi connectivity index (χ4v) is 3.46. The Hall–Kier alpha value is -2.87. The monoisotopic (exact) mass is 388 g/mol. The van der Waals surface area contributed by atoms with Crippen molar-refractivity contribution in [1.82, 2.24) is 9.80 Å². The summed E-state index contributed by atoms with van der Waals surface area (Å²) in [7, 11) is 1.51. The molecule has 0 N–H and O–H groups in total. The lowest BCUT2D eigenvalue weighted by molar-refractivity contribution is -0.136. The van der Waals surface area contributed by atoms with Gasteiger partial charge in [-0.3, -0.25) is 9.59 Å². The van der Waals surface area contributed by atoms with Crippen molar-refractivity contribution in [2.45, 2.75) is 0 Å². The SMILES string of the molecule is COc1cccc(C(=O)OCC(=O)N2CCN(C(=O)c3cccs3)CC2)c1. The van der Waals surface area contributed by atoms with Gasteiger partial charge < -0.3 is 19.3 Å². The Morgan fingerprint density at radius 3 is 2.44 bits per heavy atom. The van der Waals surface area contributed by atoms with Gasteiger partial charge >= 0.3 is 5.97 Å². The number of ether oxygens (including phenoxy) is 2. The second kappa shape index (κ2) is 8.68. The zero-order chi connectivity index (χ0) is 19.2. The van der Waals surface area contributed by atoms with Gasteiger partial charge in [-0.05, 0) is 29.6 Å². The number of rotatable bonds is 5. The minimum atomic E-state index is -0.575. The topological polar surface area (TPSA) is 76.2 Å². The van der Waals surface area contributed by atoms with Crippen molar-refractivity contribution >= 4 is 29.1 Å². The van der Waals surface area contributed by atoms with E-state index in [1.807, 2.05) is 11.4 Å². The van der Waals surface area contributed by atoms with E-state index in [1.165, 1.54) is 18.4 Å². The fraction of sp³-hybridized carbons (Fsp3) is 0.316. The highest BCUT2D eigenvalue weighted by Crippen LogP contribution is 2.15. The molecule has 0 unspecified atom stereocenters. The molecule has 1 aliphatic heterocycles. The van der Waals surface area contributed by atoms with Crippen LogP contribution in [-0.2, 0) is 9.53 Å². The summed E-state index contributed by atoms with van der Waals surface area (Å²) in [6.45, 7) is 1.45. The van der Waals surface area contributed by atoms with Gasteiger partial charge in [0, 0.05) is 26.2 Å². The Kier molecular flexibility index (Phi) is 6.08. The average Bonchev–Trinajstić information content (AvgIpc) is 3.26. The Balaban J connectivity index is 1.46. The van der Waals surface area contributed by atoms with E-state index in [4.69, 9.17) is 9.47 Å². The van der Waals surface area contributed by atoms with Gasteiger partial charge in [-0.2, -0.15) is 0 Å². The van der Waals surface area contributed by atoms with E-state index < -0.39 is 5.97 Å². The molecule has 3 rings (SSSR count). The van der Waals surface area contributed by atoms with Gasteiger partial charge in [0.25, 0.3) is 11.8 Å². The zero-order valence-electron chi connectivity index (χ0n) is 14.9. The molecule has 2 aromatic rings. The van der Waals surface area contributed by atoms with Gasteiger partial charge in [-0.1, -0.05) is 12.1 Å². The molecule has 1 aromatic carbocycles. The van der Waals surface area contributed by atoms with Crippen LogP contribution in [0.1, 0.15) is 20.0 Å². The highest BCUT2D eigenvalue weighted by molar-refractivity contribution is 7.12. The molecule has 0 bridgehead atoms. The maximum absolute atomic E-state index is 12.3. The van der Waals surface area contributed by atoms with Crippen LogP contribution in [0.25, 0.3) is 0 Å². The molecule has 1 aromatic heterocycles. The fourth-order valence-electron chi connectivity index (χ4n) is 2.77. The van der Waals surface area contributed by atoms with E-state index in [2.05, 4.69) is 0 Å². The number of carbonyl (C=O) groups is 3. The number of carbonyl (C=O) groups excluding carboxylic acids is 3. The number of esters is 1. The smallest absolute Gasteiger partial charge is 0.338 e. The van der Waals surface area contributed by atoms with Crippen LogP contribution in [-0.4, -0.2) is 67.5 Å². The van der Waals surface area contributed by atoms with Crippen molar-refractivity contribution in [3.05, 3.63) is 52.2 Å². The van der Waals surface area contributed by atoms with Crippen LogP contribution in [0.15, 0.2) is 41.8 Å². The molecule has 0 aliphatic carbocycles. The van der Waals surface area contributed by atoms with Crippen molar-refractivity contribution in [3.8, 4) is 5.75 Å². The summed E-state index contributed by atoms with van der Waals surface area (Å²) >= 11 is 1.41. The maximum atomic E-state index is 12.3. The normalized spacial score (nSPS) is 14.0. The van der Waals surface area contributed by atoms with Crippen LogP contribution < -0.4 is 4.74 Å². The first-order valence-electron chi connectivity index (χ1n) is 8.50. The third kappa shape index (κ3) is 4.65. The van der Waals surface area contributed by atoms with Gasteiger partial charge in [-0.15, -0.1) is 11.3 Å². The number of benzene rings is 1. The molecule has 142 valence electrons. The Bertz CT molecular complexity index is 813. The van der Waals surface area contributed by atoms with Crippen LogP contribution in [0.4, 0.5) is 0 Å². The Morgan fingerprint density at radius 2 is 1.78 bits per heavy atom. The van der Waals surface area contributed by atoms with E-state index in [0.717, 1.165) is 0 Å². The predicted octanol–water partition coefficient (Wildman–Crippen LogP) is 1.90. The molecule has 2 amide bonds. The van der Waals surface area contributed by atoms with Crippen molar-refractivity contribution in [1.29, 1.82) is 0 Å². The van der Waals surface area contributed by atoms with Crippen molar-refractivity contribution in [2.75, 3.05) is 39.9 Å². The second-order valence-electron chi connectivity index (χ2n) is 5.96. The first-order valence-corrected chi connectivity index (χ1v) is 9.38. The van der Waals surface area contributed by atoms with E-state index in [9.17, 15) is 14.4 Å². The van der Waals surface area contributed by atoms with Gasteiger partial charge in [0.1, 0.15) is 5.75 Å². The van der Waals surface area contributed by atoms with E-state index >= 15 is 0 Å². The van der Waals surface area contributed by atoms with Gasteiger partial charge in [-0.25, -0.2) is 4.79 Å². The zero-order valence-corrected chi connectivity index (χ0v) is 15.7. The highest BCUT2D eigenvalue weighted by Gasteiger charge is 2.25. The van der Waals surface area contributed by atoms with E-state index in [0.29, 0.717) is 42.4 Å². The summed E-state index contributed by atoms with van der Waals surface area (Å²) in [6.07, 6.45) is 0. The number of piperazine rings is 1. The number of thiophene rings is 1. The van der Waals surface area contributed by atoms with Crippen LogP contribution in [0, 0.1) is 0 Å². The largest absolute Gasteiger partial charge is 0.497 e. The Labute approximate surface area is 161 Å². The molecular weight excluding hydrogens is 368 g/mol. The molecule has 7 nitrogen and oxygen atoms in total. The van der Waals surface area contributed by atoms with Crippen molar-refractivity contribution in [2.24, 2.45) is 0 Å². The maximum Gasteiger partial charge on any atom is 0.338 e. The van der Waals surface area contributed by atoms with Crippen molar-refractivity contribution in [3.63, 3.8) is 0 Å². The van der Waals surface area contributed by atoms with Crippen molar-refractivity contribution < 1.29 is 23.9 Å². The standard InChI is InChI=1S/C19H20N2O5S/c1-25-15-5-2-4-14(12-15)19(24)26-13-17(22)20-7-9-21(10-8-20)18(23)16-6-3-11-27-16/h2-6,11-12H,7-10,13H2,1H3. The lowest BCUT2D eigenvalue weighted by Gasteiger charge is -2.34. The molecular formula is C19H20N2O5S. The summed E-state index contributed by atoms with van der Waals surface area (Å²) in [5.74, 6) is -0.313. The minimum absolute atomic E-state index is 0.0125. The number of nitrogens with zero attached hydrogens (tertiary/aromatic N) is 2. The average molecular weight is 388 g/mol. The summed E-state index contributed by atoms with van der Waals surface area (Å²) in [4.78, 5) is 40.7. The van der Waals surface area contributed by atoms with Gasteiger partial charge in [0.05, 0.1) is 17.6 Å². The summed E-state index contributed by atoms with van der Waals surface area (Å²) in [6, 6.07) is 10.2. The van der Waals surface area contributed by atoms with Crippen LogP contribution in [0.5, 0.6) is 5.75 Å². The molecule has 1 saturated heterocycles. The molecule has 1 aliphatic rings. The molecule has 0 spiro atoms. The summed E-state index contributed by atoms with van der Waals surface area (Å²) in [5, 5.41) is 1.86. The quantitative estimate of drug-likeness (QED) is 0.732. The third-order valence-electron chi connectivity index (χ3n) is 4.28. The van der Waals surface area contributed by atoms with Crippen LogP contribution in [0.2, 0.25) is 0 Å². The molecule has 1 fully saturated rings. The number of hydrogen-bond donors (Lipinski definition) is 0. The Morgan fingerprint density at radius 1 is 1.04 bits per heavy atom. The van der Waals surface area contributed by atoms with E-state index in [-0.39, 0.29) is 18.4 Å². The predicted molar refractivity (Wildman–Crippen MR) is 100 cm³/mol. The van der Waals surface area contributed by atoms with Gasteiger partial charge in [0.15, 0.2) is 6.61 Å². The number of amides is 2. The first kappa shape index (κ1) is 18.9. The summed E-state index contributed by atoms with van der Waals surface area (Å²) in [5.41, 5.74) is 0.327. The number of hydrogen-bond acceptors (Lipinski definition) is 6. The van der Waals surface area contributed by atoms with E-state index in [1.54, 1.807) is 40.1 Å². The van der Waals surface area contributed by atoms with Crippen LogP contribution >= 0.6 is 11.3 Å².